The lowest BCUT2D eigenvalue weighted by atomic mass is 10.2. The molecule has 0 atom stereocenters. The van der Waals surface area contributed by atoms with Gasteiger partial charge in [0, 0.05) is 14.1 Å². The Balaban J connectivity index is 3.18. The first-order chi connectivity index (χ1) is 7.95. The van der Waals surface area contributed by atoms with Crippen molar-refractivity contribution in [2.24, 2.45) is 4.99 Å². The molecule has 0 aromatic heterocycles. The summed E-state index contributed by atoms with van der Waals surface area (Å²) in [5.74, 6) is 0.908. The van der Waals surface area contributed by atoms with Gasteiger partial charge in [-0.05, 0) is 37.6 Å². The van der Waals surface area contributed by atoms with Crippen LogP contribution in [-0.2, 0) is 0 Å². The van der Waals surface area contributed by atoms with Gasteiger partial charge in [-0.25, -0.2) is 4.99 Å². The van der Waals surface area contributed by atoms with Crippen LogP contribution in [0.25, 0.3) is 0 Å². The average molecular weight is 271 g/mol. The number of nitrogens with zero attached hydrogens (tertiary/aromatic N) is 2. The van der Waals surface area contributed by atoms with E-state index >= 15 is 0 Å². The van der Waals surface area contributed by atoms with Crippen LogP contribution in [0, 0.1) is 0 Å². The van der Waals surface area contributed by atoms with Gasteiger partial charge in [0.15, 0.2) is 0 Å². The molecule has 0 N–H and O–H groups in total. The number of halogens is 2. The van der Waals surface area contributed by atoms with Crippen LogP contribution in [0.1, 0.15) is 13.8 Å². The summed E-state index contributed by atoms with van der Waals surface area (Å²) >= 11 is 11.8. The quantitative estimate of drug-likeness (QED) is 0.569. The third-order valence-electron chi connectivity index (χ3n) is 2.35. The van der Waals surface area contributed by atoms with Gasteiger partial charge in [-0.3, -0.25) is 0 Å². The van der Waals surface area contributed by atoms with Crippen molar-refractivity contribution < 1.29 is 0 Å². The molecule has 92 valence electrons. The van der Waals surface area contributed by atoms with Crippen LogP contribution in [0.2, 0.25) is 10.0 Å². The molecule has 0 spiro atoms. The van der Waals surface area contributed by atoms with Crippen LogP contribution < -0.4 is 0 Å². The summed E-state index contributed by atoms with van der Waals surface area (Å²) in [6.45, 7) is 4.01. The van der Waals surface area contributed by atoms with Crippen LogP contribution in [0.5, 0.6) is 0 Å². The lowest BCUT2D eigenvalue weighted by molar-refractivity contribution is 0.622. The number of aliphatic imine (C=N–C) groups is 1. The van der Waals surface area contributed by atoms with Crippen molar-refractivity contribution in [1.82, 2.24) is 4.90 Å². The minimum atomic E-state index is 0.518. The molecule has 0 saturated heterocycles. The maximum absolute atomic E-state index is 5.96. The van der Waals surface area contributed by atoms with E-state index in [0.29, 0.717) is 10.0 Å². The van der Waals surface area contributed by atoms with Gasteiger partial charge in [-0.1, -0.05) is 29.3 Å². The lowest BCUT2D eigenvalue weighted by Gasteiger charge is -2.16. The molecule has 0 heterocycles. The topological polar surface area (TPSA) is 15.6 Å². The number of likely N-dealkylation sites (N-methyl/N-ethyl adjacent to an activating group) is 1. The van der Waals surface area contributed by atoms with Gasteiger partial charge >= 0.3 is 0 Å². The van der Waals surface area contributed by atoms with Crippen molar-refractivity contribution in [3.8, 4) is 0 Å². The Morgan fingerprint density at radius 1 is 1.24 bits per heavy atom. The van der Waals surface area contributed by atoms with E-state index in [1.807, 2.05) is 45.0 Å². The predicted molar refractivity (Wildman–Crippen MR) is 76.7 cm³/mol. The van der Waals surface area contributed by atoms with Gasteiger partial charge < -0.3 is 4.90 Å². The second kappa shape index (κ2) is 6.08. The zero-order valence-electron chi connectivity index (χ0n) is 10.5. The minimum absolute atomic E-state index is 0.518. The second-order valence-corrected chi connectivity index (χ2v) is 4.71. The van der Waals surface area contributed by atoms with Crippen LogP contribution in [0.3, 0.4) is 0 Å². The molecule has 0 bridgehead atoms. The van der Waals surface area contributed by atoms with Gasteiger partial charge in [0.1, 0.15) is 5.84 Å². The Morgan fingerprint density at radius 3 is 2.35 bits per heavy atom. The summed E-state index contributed by atoms with van der Waals surface area (Å²) in [6, 6.07) is 5.36. The van der Waals surface area contributed by atoms with Crippen LogP contribution in [-0.4, -0.2) is 24.8 Å². The molecule has 1 aromatic rings. The summed E-state index contributed by atoms with van der Waals surface area (Å²) in [7, 11) is 3.92. The molecule has 0 amide bonds. The molecule has 0 unspecified atom stereocenters. The zero-order valence-corrected chi connectivity index (χ0v) is 12.0. The summed E-state index contributed by atoms with van der Waals surface area (Å²) in [6.07, 6.45) is 2.02. The fourth-order valence-electron chi connectivity index (χ4n) is 1.35. The molecule has 0 radical (unpaired) electrons. The molecule has 0 fully saturated rings. The number of rotatable bonds is 2. The standard InChI is InChI=1S/C13H16Cl2N2/c1-5-9(2)13(17(3)4)16-10-6-7-11(14)12(15)8-10/h5-8H,1-4H3/b9-5-,16-13?. The van der Waals surface area contributed by atoms with Crippen molar-refractivity contribution in [3.05, 3.63) is 39.9 Å². The van der Waals surface area contributed by atoms with Crippen LogP contribution in [0.4, 0.5) is 5.69 Å². The van der Waals surface area contributed by atoms with Crippen molar-refractivity contribution in [2.45, 2.75) is 13.8 Å². The average Bonchev–Trinajstić information content (AvgIpc) is 2.29. The molecule has 1 aromatic carbocycles. The Kier molecular flexibility index (Phi) is 5.03. The van der Waals surface area contributed by atoms with E-state index in [1.165, 1.54) is 0 Å². The molecule has 2 nitrogen and oxygen atoms in total. The highest BCUT2D eigenvalue weighted by Gasteiger charge is 2.05. The van der Waals surface area contributed by atoms with Crippen molar-refractivity contribution in [3.63, 3.8) is 0 Å². The largest absolute Gasteiger partial charge is 0.363 e. The Hall–Kier alpha value is -0.990. The van der Waals surface area contributed by atoms with Crippen LogP contribution in [0.15, 0.2) is 34.8 Å². The second-order valence-electron chi connectivity index (χ2n) is 3.90. The van der Waals surface area contributed by atoms with E-state index in [9.17, 15) is 0 Å². The maximum Gasteiger partial charge on any atom is 0.131 e. The van der Waals surface area contributed by atoms with Gasteiger partial charge in [0.25, 0.3) is 0 Å². The fourth-order valence-corrected chi connectivity index (χ4v) is 1.64. The Labute approximate surface area is 113 Å². The van der Waals surface area contributed by atoms with Gasteiger partial charge in [0.2, 0.25) is 0 Å². The monoisotopic (exact) mass is 270 g/mol. The number of allylic oxidation sites excluding steroid dienone is 1. The summed E-state index contributed by atoms with van der Waals surface area (Å²) < 4.78 is 0. The fraction of sp³-hybridized carbons (Fsp3) is 0.308. The molecular weight excluding hydrogens is 255 g/mol. The smallest absolute Gasteiger partial charge is 0.131 e. The minimum Gasteiger partial charge on any atom is -0.363 e. The molecular formula is C13H16Cl2N2. The maximum atomic E-state index is 5.96. The highest BCUT2D eigenvalue weighted by molar-refractivity contribution is 6.42. The number of hydrogen-bond acceptors (Lipinski definition) is 1. The third kappa shape index (κ3) is 3.76. The van der Waals surface area contributed by atoms with Crippen molar-refractivity contribution >= 4 is 34.7 Å². The van der Waals surface area contributed by atoms with Gasteiger partial charge in [-0.15, -0.1) is 0 Å². The molecule has 17 heavy (non-hydrogen) atoms. The van der Waals surface area contributed by atoms with E-state index in [2.05, 4.69) is 4.99 Å². The van der Waals surface area contributed by atoms with Crippen molar-refractivity contribution in [1.29, 1.82) is 0 Å². The number of benzene rings is 1. The SMILES string of the molecule is C/C=C(/C)C(=Nc1ccc(Cl)c(Cl)c1)N(C)C. The zero-order chi connectivity index (χ0) is 13.0. The van der Waals surface area contributed by atoms with E-state index in [4.69, 9.17) is 23.2 Å². The van der Waals surface area contributed by atoms with E-state index in [1.54, 1.807) is 12.1 Å². The molecule has 0 saturated carbocycles. The normalized spacial score (nSPS) is 12.8. The highest BCUT2D eigenvalue weighted by Crippen LogP contribution is 2.27. The lowest BCUT2D eigenvalue weighted by Crippen LogP contribution is -2.22. The van der Waals surface area contributed by atoms with Gasteiger partial charge in [0.05, 0.1) is 15.7 Å². The number of amidine groups is 1. The third-order valence-corrected chi connectivity index (χ3v) is 3.09. The van der Waals surface area contributed by atoms with E-state index in [-0.39, 0.29) is 0 Å². The summed E-state index contributed by atoms with van der Waals surface area (Å²) in [4.78, 5) is 6.53. The van der Waals surface area contributed by atoms with Crippen molar-refractivity contribution in [2.75, 3.05) is 14.1 Å². The first-order valence-electron chi connectivity index (χ1n) is 5.30. The Bertz CT molecular complexity index is 462. The van der Waals surface area contributed by atoms with Crippen LogP contribution >= 0.6 is 23.2 Å². The summed E-state index contributed by atoms with van der Waals surface area (Å²) in [5, 5.41) is 1.06. The first-order valence-corrected chi connectivity index (χ1v) is 6.05. The number of hydrogen-bond donors (Lipinski definition) is 0. The highest BCUT2D eigenvalue weighted by atomic mass is 35.5. The molecule has 0 aliphatic rings. The predicted octanol–water partition coefficient (Wildman–Crippen LogP) is 4.55. The molecule has 4 heteroatoms. The van der Waals surface area contributed by atoms with Gasteiger partial charge in [-0.2, -0.15) is 0 Å². The molecule has 0 aliphatic heterocycles. The summed E-state index contributed by atoms with van der Waals surface area (Å²) in [5.41, 5.74) is 1.91. The van der Waals surface area contributed by atoms with E-state index in [0.717, 1.165) is 17.1 Å². The van der Waals surface area contributed by atoms with E-state index < -0.39 is 0 Å². The Morgan fingerprint density at radius 2 is 1.88 bits per heavy atom. The first kappa shape index (κ1) is 14.1. The molecule has 0 aliphatic carbocycles. The molecule has 1 rings (SSSR count).